The number of nitrogens with zero attached hydrogens (tertiary/aromatic N) is 2. The average Bonchev–Trinajstić information content (AvgIpc) is 2.25. The molecule has 5 nitrogen and oxygen atoms in total. The highest BCUT2D eigenvalue weighted by molar-refractivity contribution is 8.14. The molecular weight excluding hydrogens is 250 g/mol. The number of amidine groups is 1. The Kier molecular flexibility index (Phi) is 5.53. The first-order valence-electron chi connectivity index (χ1n) is 6.04. The number of carbonyl (C=O) groups is 2. The molecule has 1 unspecified atom stereocenters. The van der Waals surface area contributed by atoms with E-state index in [0.717, 1.165) is 5.71 Å². The monoisotopic (exact) mass is 269 g/mol. The van der Waals surface area contributed by atoms with Gasteiger partial charge < -0.3 is 5.32 Å². The maximum atomic E-state index is 11.7. The average molecular weight is 269 g/mol. The van der Waals surface area contributed by atoms with Gasteiger partial charge in [0.2, 0.25) is 5.91 Å². The smallest absolute Gasteiger partial charge is 0.256 e. The lowest BCUT2D eigenvalue weighted by Gasteiger charge is -2.16. The molecule has 18 heavy (non-hydrogen) atoms. The number of rotatable bonds is 4. The van der Waals surface area contributed by atoms with E-state index in [2.05, 4.69) is 15.3 Å². The van der Waals surface area contributed by atoms with Crippen LogP contribution in [0.5, 0.6) is 0 Å². The van der Waals surface area contributed by atoms with Crippen LogP contribution in [0.4, 0.5) is 0 Å². The first-order chi connectivity index (χ1) is 8.43. The van der Waals surface area contributed by atoms with Gasteiger partial charge in [-0.15, -0.1) is 0 Å². The molecule has 0 bridgehead atoms. The number of aliphatic imine (C=N–C) groups is 2. The van der Waals surface area contributed by atoms with Crippen molar-refractivity contribution in [1.82, 2.24) is 5.32 Å². The predicted molar refractivity (Wildman–Crippen MR) is 75.1 cm³/mol. The molecule has 0 aliphatic carbocycles. The number of hydrogen-bond acceptors (Lipinski definition) is 4. The van der Waals surface area contributed by atoms with Crippen molar-refractivity contribution in [2.75, 3.05) is 5.75 Å². The third kappa shape index (κ3) is 4.25. The van der Waals surface area contributed by atoms with E-state index in [1.165, 1.54) is 11.8 Å². The Morgan fingerprint density at radius 1 is 1.44 bits per heavy atom. The number of amides is 2. The normalized spacial score (nSPS) is 19.6. The summed E-state index contributed by atoms with van der Waals surface area (Å²) in [6, 6.07) is 0.114. The van der Waals surface area contributed by atoms with Crippen LogP contribution in [0, 0.1) is 5.92 Å². The molecule has 0 saturated carbocycles. The molecule has 1 N–H and O–H groups in total. The lowest BCUT2D eigenvalue weighted by atomic mass is 10.0. The molecule has 0 aromatic rings. The molecule has 0 aromatic carbocycles. The van der Waals surface area contributed by atoms with Crippen molar-refractivity contribution in [2.45, 2.75) is 40.2 Å². The van der Waals surface area contributed by atoms with Crippen molar-refractivity contribution in [3.8, 4) is 0 Å². The van der Waals surface area contributed by atoms with Gasteiger partial charge in [0.1, 0.15) is 0 Å². The van der Waals surface area contributed by atoms with Crippen LogP contribution in [0.25, 0.3) is 0 Å². The van der Waals surface area contributed by atoms with Crippen LogP contribution >= 0.6 is 11.8 Å². The zero-order valence-corrected chi connectivity index (χ0v) is 12.0. The fourth-order valence-electron chi connectivity index (χ4n) is 1.63. The Balaban J connectivity index is 2.55. The summed E-state index contributed by atoms with van der Waals surface area (Å²) in [6.45, 7) is 7.57. The van der Waals surface area contributed by atoms with Gasteiger partial charge in [-0.3, -0.25) is 9.59 Å². The summed E-state index contributed by atoms with van der Waals surface area (Å²) in [6.07, 6.45) is 0.712. The summed E-state index contributed by atoms with van der Waals surface area (Å²) in [5, 5.41) is 3.17. The number of nitrogens with one attached hydrogen (secondary N) is 1. The fraction of sp³-hybridized carbons (Fsp3) is 0.667. The van der Waals surface area contributed by atoms with Crippen LogP contribution in [0.3, 0.4) is 0 Å². The first kappa shape index (κ1) is 14.9. The van der Waals surface area contributed by atoms with E-state index >= 15 is 0 Å². The highest BCUT2D eigenvalue weighted by Gasteiger charge is 2.24. The van der Waals surface area contributed by atoms with E-state index < -0.39 is 0 Å². The number of thioether (sulfide) groups is 1. The van der Waals surface area contributed by atoms with Crippen molar-refractivity contribution in [2.24, 2.45) is 15.9 Å². The fourth-order valence-corrected chi connectivity index (χ4v) is 2.34. The molecular formula is C12H19N3O2S. The van der Waals surface area contributed by atoms with Gasteiger partial charge in [0, 0.05) is 11.8 Å². The molecule has 1 aliphatic rings. The van der Waals surface area contributed by atoms with Crippen LogP contribution in [-0.4, -0.2) is 34.5 Å². The predicted octanol–water partition coefficient (Wildman–Crippen LogP) is 1.63. The Labute approximate surface area is 112 Å². The van der Waals surface area contributed by atoms with Gasteiger partial charge >= 0.3 is 0 Å². The van der Waals surface area contributed by atoms with E-state index in [9.17, 15) is 9.59 Å². The molecule has 0 radical (unpaired) electrons. The summed E-state index contributed by atoms with van der Waals surface area (Å²) in [5.74, 6) is -0.191. The summed E-state index contributed by atoms with van der Waals surface area (Å²) >= 11 is 1.20. The molecule has 1 rings (SSSR count). The molecule has 2 amide bonds. The van der Waals surface area contributed by atoms with E-state index in [1.807, 2.05) is 27.7 Å². The molecule has 6 heteroatoms. The van der Waals surface area contributed by atoms with E-state index in [0.29, 0.717) is 11.6 Å². The number of carbonyl (C=O) groups excluding carboxylic acids is 2. The Bertz CT molecular complexity index is 402. The standard InChI is InChI=1S/C12H19N3O2S/c1-5-9-8(4)14-12(15-11(9)17)18-6-10(16)13-7(2)3/h7,9H,5-6H2,1-4H3,(H,13,16). The van der Waals surface area contributed by atoms with Gasteiger partial charge in [0.05, 0.1) is 11.7 Å². The zero-order chi connectivity index (χ0) is 13.7. The minimum atomic E-state index is -0.196. The maximum Gasteiger partial charge on any atom is 0.256 e. The largest absolute Gasteiger partial charge is 0.353 e. The molecule has 100 valence electrons. The Hall–Kier alpha value is -1.17. The molecule has 0 spiro atoms. The topological polar surface area (TPSA) is 70.9 Å². The lowest BCUT2D eigenvalue weighted by Crippen LogP contribution is -2.32. The van der Waals surface area contributed by atoms with Crippen molar-refractivity contribution >= 4 is 34.5 Å². The van der Waals surface area contributed by atoms with Gasteiger partial charge in [0.15, 0.2) is 5.17 Å². The lowest BCUT2D eigenvalue weighted by molar-refractivity contribution is -0.120. The quantitative estimate of drug-likeness (QED) is 0.843. The van der Waals surface area contributed by atoms with Crippen molar-refractivity contribution in [3.05, 3.63) is 0 Å². The molecule has 1 aliphatic heterocycles. The van der Waals surface area contributed by atoms with Crippen LogP contribution in [0.15, 0.2) is 9.98 Å². The highest BCUT2D eigenvalue weighted by Crippen LogP contribution is 2.18. The third-order valence-electron chi connectivity index (χ3n) is 2.47. The highest BCUT2D eigenvalue weighted by atomic mass is 32.2. The minimum absolute atomic E-state index is 0.0735. The van der Waals surface area contributed by atoms with Crippen LogP contribution in [0.2, 0.25) is 0 Å². The number of hydrogen-bond donors (Lipinski definition) is 1. The van der Waals surface area contributed by atoms with E-state index in [-0.39, 0.29) is 29.5 Å². The van der Waals surface area contributed by atoms with E-state index in [1.54, 1.807) is 0 Å². The summed E-state index contributed by atoms with van der Waals surface area (Å²) in [5.41, 5.74) is 0.782. The van der Waals surface area contributed by atoms with Gasteiger partial charge in [-0.25, -0.2) is 4.99 Å². The molecule has 1 atom stereocenters. The van der Waals surface area contributed by atoms with Crippen LogP contribution < -0.4 is 5.32 Å². The SMILES string of the molecule is CCC1C(=O)N=C(SCC(=O)NC(C)C)N=C1C. The van der Waals surface area contributed by atoms with Crippen molar-refractivity contribution in [3.63, 3.8) is 0 Å². The van der Waals surface area contributed by atoms with Crippen LogP contribution in [0.1, 0.15) is 34.1 Å². The summed E-state index contributed by atoms with van der Waals surface area (Å²) in [4.78, 5) is 31.3. The first-order valence-corrected chi connectivity index (χ1v) is 7.02. The van der Waals surface area contributed by atoms with Gasteiger partial charge in [-0.05, 0) is 27.2 Å². The zero-order valence-electron chi connectivity index (χ0n) is 11.2. The van der Waals surface area contributed by atoms with Crippen molar-refractivity contribution < 1.29 is 9.59 Å². The second-order valence-corrected chi connectivity index (χ2v) is 5.40. The van der Waals surface area contributed by atoms with Crippen molar-refractivity contribution in [1.29, 1.82) is 0 Å². The molecule has 1 heterocycles. The Morgan fingerprint density at radius 2 is 2.11 bits per heavy atom. The third-order valence-corrected chi connectivity index (χ3v) is 3.32. The Morgan fingerprint density at radius 3 is 2.61 bits per heavy atom. The molecule has 0 fully saturated rings. The van der Waals surface area contributed by atoms with Gasteiger partial charge in [-0.2, -0.15) is 4.99 Å². The van der Waals surface area contributed by atoms with Crippen LogP contribution in [-0.2, 0) is 9.59 Å². The summed E-state index contributed by atoms with van der Waals surface area (Å²) in [7, 11) is 0. The van der Waals surface area contributed by atoms with Gasteiger partial charge in [0.25, 0.3) is 5.91 Å². The maximum absolute atomic E-state index is 11.7. The summed E-state index contributed by atoms with van der Waals surface area (Å²) < 4.78 is 0. The second-order valence-electron chi connectivity index (χ2n) is 4.46. The molecule has 0 saturated heterocycles. The minimum Gasteiger partial charge on any atom is -0.353 e. The van der Waals surface area contributed by atoms with Gasteiger partial charge in [-0.1, -0.05) is 18.7 Å². The second kappa shape index (κ2) is 6.68. The molecule has 0 aromatic heterocycles. The van der Waals surface area contributed by atoms with E-state index in [4.69, 9.17) is 0 Å².